The molecule has 0 amide bonds. The highest BCUT2D eigenvalue weighted by molar-refractivity contribution is 7.88. The molecule has 0 spiro atoms. The van der Waals surface area contributed by atoms with Crippen LogP contribution in [0.4, 0.5) is 0 Å². The molecule has 1 aliphatic rings. The number of ether oxygens (including phenoxy) is 1. The number of hydrogen-bond donors (Lipinski definition) is 2. The van der Waals surface area contributed by atoms with E-state index in [4.69, 9.17) is 9.84 Å². The van der Waals surface area contributed by atoms with Crippen LogP contribution in [-0.2, 0) is 20.5 Å². The van der Waals surface area contributed by atoms with Gasteiger partial charge in [0.1, 0.15) is 0 Å². The lowest BCUT2D eigenvalue weighted by atomic mass is 9.90. The Hall–Kier alpha value is -1.44. The maximum Gasteiger partial charge on any atom is 0.335 e. The molecule has 21 heavy (non-hydrogen) atoms. The Balaban J connectivity index is 1.88. The summed E-state index contributed by atoms with van der Waals surface area (Å²) in [5, 5.41) is 8.79. The molecule has 0 aromatic heterocycles. The van der Waals surface area contributed by atoms with Crippen molar-refractivity contribution in [3.05, 3.63) is 35.4 Å². The van der Waals surface area contributed by atoms with Gasteiger partial charge in [0.2, 0.25) is 10.0 Å². The second-order valence-electron chi connectivity index (χ2n) is 5.12. The van der Waals surface area contributed by atoms with Crippen LogP contribution in [0.1, 0.15) is 35.7 Å². The van der Waals surface area contributed by atoms with E-state index in [9.17, 15) is 13.2 Å². The fourth-order valence-corrected chi connectivity index (χ4v) is 3.71. The third-order valence-corrected chi connectivity index (χ3v) is 4.81. The number of benzene rings is 1. The van der Waals surface area contributed by atoms with Gasteiger partial charge >= 0.3 is 5.97 Å². The summed E-state index contributed by atoms with van der Waals surface area (Å²) in [5.41, 5.74) is 0.704. The van der Waals surface area contributed by atoms with Crippen LogP contribution in [0.3, 0.4) is 0 Å². The van der Waals surface area contributed by atoms with Crippen molar-refractivity contribution >= 4 is 16.0 Å². The van der Waals surface area contributed by atoms with Gasteiger partial charge in [0.15, 0.2) is 0 Å². The third kappa shape index (κ3) is 4.52. The Morgan fingerprint density at radius 2 is 1.95 bits per heavy atom. The Kier molecular flexibility index (Phi) is 4.97. The van der Waals surface area contributed by atoms with Crippen molar-refractivity contribution in [1.82, 2.24) is 4.72 Å². The van der Waals surface area contributed by atoms with Crippen LogP contribution in [0.25, 0.3) is 0 Å². The summed E-state index contributed by atoms with van der Waals surface area (Å²) in [5.74, 6) is -1.18. The van der Waals surface area contributed by atoms with E-state index in [1.54, 1.807) is 0 Å². The first kappa shape index (κ1) is 15.9. The van der Waals surface area contributed by atoms with Gasteiger partial charge in [-0.25, -0.2) is 17.9 Å². The molecule has 0 bridgehead atoms. The van der Waals surface area contributed by atoms with Crippen LogP contribution in [0.2, 0.25) is 0 Å². The second kappa shape index (κ2) is 6.55. The number of carbonyl (C=O) groups is 1. The molecule has 0 unspecified atom stereocenters. The molecule has 0 radical (unpaired) electrons. The smallest absolute Gasteiger partial charge is 0.335 e. The topological polar surface area (TPSA) is 92.7 Å². The number of rotatable bonds is 7. The largest absolute Gasteiger partial charge is 0.478 e. The molecule has 2 rings (SSSR count). The fraction of sp³-hybridized carbons (Fsp3) is 0.500. The highest BCUT2D eigenvalue weighted by atomic mass is 32.2. The van der Waals surface area contributed by atoms with E-state index in [0.29, 0.717) is 25.0 Å². The Labute approximate surface area is 124 Å². The Bertz CT molecular complexity index is 590. The highest BCUT2D eigenvalue weighted by Gasteiger charge is 2.32. The second-order valence-corrected chi connectivity index (χ2v) is 6.88. The molecule has 116 valence electrons. The first-order valence-corrected chi connectivity index (χ1v) is 8.48. The Morgan fingerprint density at radius 1 is 1.33 bits per heavy atom. The van der Waals surface area contributed by atoms with E-state index >= 15 is 0 Å². The van der Waals surface area contributed by atoms with E-state index in [1.165, 1.54) is 24.3 Å². The zero-order valence-electron chi connectivity index (χ0n) is 11.8. The molecule has 0 aliphatic heterocycles. The maximum atomic E-state index is 12.0. The number of nitrogens with one attached hydrogen (secondary N) is 1. The number of carboxylic acids is 1. The molecule has 7 heteroatoms. The van der Waals surface area contributed by atoms with Gasteiger partial charge in [-0.05, 0) is 37.5 Å². The van der Waals surface area contributed by atoms with Crippen LogP contribution in [0.15, 0.2) is 24.3 Å². The molecule has 1 aromatic rings. The molecule has 1 aromatic carbocycles. The zero-order chi connectivity index (χ0) is 15.5. The summed E-state index contributed by atoms with van der Waals surface area (Å²) in [6, 6.07) is 5.78. The molecule has 0 saturated heterocycles. The van der Waals surface area contributed by atoms with Crippen LogP contribution >= 0.6 is 0 Å². The number of hydrogen-bond acceptors (Lipinski definition) is 4. The standard InChI is InChI=1S/C14H19NO5S/c1-2-20-13-7-12(8-13)15-21(18,19)9-10-3-5-11(6-4-10)14(16)17/h3-6,12-13,15H,2,7-9H2,1H3,(H,16,17). The van der Waals surface area contributed by atoms with Crippen LogP contribution in [0, 0.1) is 0 Å². The van der Waals surface area contributed by atoms with Gasteiger partial charge in [-0.1, -0.05) is 12.1 Å². The summed E-state index contributed by atoms with van der Waals surface area (Å²) in [6.45, 7) is 2.55. The summed E-state index contributed by atoms with van der Waals surface area (Å²) in [6.07, 6.45) is 1.55. The van der Waals surface area contributed by atoms with Gasteiger partial charge in [0, 0.05) is 12.6 Å². The van der Waals surface area contributed by atoms with Crippen molar-refractivity contribution in [3.63, 3.8) is 0 Å². The third-order valence-electron chi connectivity index (χ3n) is 3.40. The van der Waals surface area contributed by atoms with Gasteiger partial charge in [0.05, 0.1) is 17.4 Å². The number of aromatic carboxylic acids is 1. The lowest BCUT2D eigenvalue weighted by Crippen LogP contribution is -2.48. The molecule has 0 heterocycles. The van der Waals surface area contributed by atoms with Gasteiger partial charge in [-0.3, -0.25) is 0 Å². The van der Waals surface area contributed by atoms with Crippen LogP contribution < -0.4 is 4.72 Å². The van der Waals surface area contributed by atoms with Gasteiger partial charge in [-0.2, -0.15) is 0 Å². The molecule has 2 N–H and O–H groups in total. The molecule has 6 nitrogen and oxygen atoms in total. The lowest BCUT2D eigenvalue weighted by Gasteiger charge is -2.35. The van der Waals surface area contributed by atoms with E-state index in [2.05, 4.69) is 4.72 Å². The molecule has 0 atom stereocenters. The fourth-order valence-electron chi connectivity index (χ4n) is 2.29. The van der Waals surface area contributed by atoms with Crippen molar-refractivity contribution < 1.29 is 23.1 Å². The van der Waals surface area contributed by atoms with Gasteiger partial charge < -0.3 is 9.84 Å². The minimum absolute atomic E-state index is 0.0650. The summed E-state index contributed by atoms with van der Waals surface area (Å²) in [7, 11) is -3.42. The maximum absolute atomic E-state index is 12.0. The van der Waals surface area contributed by atoms with Crippen molar-refractivity contribution in [2.45, 2.75) is 37.7 Å². The van der Waals surface area contributed by atoms with Crippen molar-refractivity contribution in [2.24, 2.45) is 0 Å². The zero-order valence-corrected chi connectivity index (χ0v) is 12.6. The average Bonchev–Trinajstić information content (AvgIpc) is 2.36. The molecular formula is C14H19NO5S. The van der Waals surface area contributed by atoms with Gasteiger partial charge in [0.25, 0.3) is 0 Å². The summed E-state index contributed by atoms with van der Waals surface area (Å²) >= 11 is 0. The minimum Gasteiger partial charge on any atom is -0.478 e. The van der Waals surface area contributed by atoms with E-state index in [-0.39, 0.29) is 23.5 Å². The van der Waals surface area contributed by atoms with E-state index < -0.39 is 16.0 Å². The number of sulfonamides is 1. The van der Waals surface area contributed by atoms with Crippen LogP contribution in [0.5, 0.6) is 0 Å². The predicted molar refractivity (Wildman–Crippen MR) is 77.6 cm³/mol. The SMILES string of the molecule is CCOC1CC(NS(=O)(=O)Cc2ccc(C(=O)O)cc2)C1. The molecule has 1 saturated carbocycles. The first-order chi connectivity index (χ1) is 9.89. The van der Waals surface area contributed by atoms with E-state index in [0.717, 1.165) is 0 Å². The lowest BCUT2D eigenvalue weighted by molar-refractivity contribution is -0.00476. The average molecular weight is 313 g/mol. The monoisotopic (exact) mass is 313 g/mol. The quantitative estimate of drug-likeness (QED) is 0.793. The first-order valence-electron chi connectivity index (χ1n) is 6.83. The molecule has 1 aliphatic carbocycles. The molecular weight excluding hydrogens is 294 g/mol. The van der Waals surface area contributed by atoms with Crippen molar-refractivity contribution in [2.75, 3.05) is 6.61 Å². The van der Waals surface area contributed by atoms with Gasteiger partial charge in [-0.15, -0.1) is 0 Å². The number of carboxylic acid groups (broad SMARTS) is 1. The van der Waals surface area contributed by atoms with Crippen molar-refractivity contribution in [1.29, 1.82) is 0 Å². The van der Waals surface area contributed by atoms with Crippen LogP contribution in [-0.4, -0.2) is 38.2 Å². The summed E-state index contributed by atoms with van der Waals surface area (Å²) < 4.78 is 32.1. The predicted octanol–water partition coefficient (Wildman–Crippen LogP) is 1.37. The Morgan fingerprint density at radius 3 is 2.48 bits per heavy atom. The van der Waals surface area contributed by atoms with Crippen molar-refractivity contribution in [3.8, 4) is 0 Å². The highest BCUT2D eigenvalue weighted by Crippen LogP contribution is 2.24. The normalized spacial score (nSPS) is 21.8. The minimum atomic E-state index is -3.42. The summed E-state index contributed by atoms with van der Waals surface area (Å²) in [4.78, 5) is 10.7. The van der Waals surface area contributed by atoms with E-state index in [1.807, 2.05) is 6.92 Å². The molecule has 1 fully saturated rings.